The largest absolute Gasteiger partial charge is 0.492 e. The Bertz CT molecular complexity index is 557. The molecule has 2 rings (SSSR count). The van der Waals surface area contributed by atoms with Gasteiger partial charge in [0.25, 0.3) is 0 Å². The maximum Gasteiger partial charge on any atom is 0.410 e. The van der Waals surface area contributed by atoms with Crippen LogP contribution in [-0.4, -0.2) is 60.3 Å². The number of hydrogen-bond donors (Lipinski definition) is 1. The van der Waals surface area contributed by atoms with Gasteiger partial charge in [-0.05, 0) is 39.8 Å². The Morgan fingerprint density at radius 3 is 2.71 bits per heavy atom. The van der Waals surface area contributed by atoms with E-state index in [0.717, 1.165) is 25.4 Å². The number of ether oxygens (including phenoxy) is 2. The minimum Gasteiger partial charge on any atom is -0.492 e. The molecule has 0 saturated carbocycles. The van der Waals surface area contributed by atoms with Crippen LogP contribution < -0.4 is 10.5 Å². The van der Waals surface area contributed by atoms with Gasteiger partial charge in [0, 0.05) is 44.0 Å². The van der Waals surface area contributed by atoms with Crippen molar-refractivity contribution in [3.8, 4) is 5.75 Å². The van der Waals surface area contributed by atoms with E-state index in [1.165, 1.54) is 0 Å². The Morgan fingerprint density at radius 2 is 2.08 bits per heavy atom. The predicted octanol–water partition coefficient (Wildman–Crippen LogP) is 2.59. The maximum absolute atomic E-state index is 12.2. The first kappa shape index (κ1) is 18.4. The van der Waals surface area contributed by atoms with E-state index in [1.807, 2.05) is 45.0 Å². The number of hydrogen-bond acceptors (Lipinski definition) is 5. The van der Waals surface area contributed by atoms with Crippen LogP contribution in [0.5, 0.6) is 5.75 Å². The number of carbonyl (C=O) groups excluding carboxylic acids is 1. The van der Waals surface area contributed by atoms with Gasteiger partial charge in [0.05, 0.1) is 0 Å². The zero-order chi connectivity index (χ0) is 17.7. The molecule has 0 bridgehead atoms. The lowest BCUT2D eigenvalue weighted by molar-refractivity contribution is 0.000363. The van der Waals surface area contributed by atoms with E-state index in [4.69, 9.17) is 15.2 Å². The molecule has 0 aliphatic carbocycles. The summed E-state index contributed by atoms with van der Waals surface area (Å²) in [4.78, 5) is 16.3. The third-order valence-electron chi connectivity index (χ3n) is 3.87. The lowest BCUT2D eigenvalue weighted by Gasteiger charge is -2.40. The van der Waals surface area contributed by atoms with Gasteiger partial charge < -0.3 is 20.1 Å². The molecule has 1 saturated heterocycles. The first-order valence-corrected chi connectivity index (χ1v) is 8.45. The molecule has 1 aliphatic heterocycles. The van der Waals surface area contributed by atoms with Gasteiger partial charge in [0.1, 0.15) is 18.0 Å². The maximum atomic E-state index is 12.2. The summed E-state index contributed by atoms with van der Waals surface area (Å²) in [6.07, 6.45) is -0.231. The van der Waals surface area contributed by atoms with Crippen LogP contribution in [-0.2, 0) is 4.74 Å². The number of carbonyl (C=O) groups is 1. The SMILES string of the molecule is C[C@@H]1CN(CCOc2cccc(N)c2)CCN1C(=O)OC(C)(C)C. The number of rotatable bonds is 4. The molecule has 1 aromatic rings. The van der Waals surface area contributed by atoms with Crippen molar-refractivity contribution < 1.29 is 14.3 Å². The summed E-state index contributed by atoms with van der Waals surface area (Å²) >= 11 is 0. The average Bonchev–Trinajstić information content (AvgIpc) is 2.45. The zero-order valence-corrected chi connectivity index (χ0v) is 15.1. The molecule has 1 amide bonds. The van der Waals surface area contributed by atoms with E-state index in [0.29, 0.717) is 18.8 Å². The molecule has 0 aromatic heterocycles. The molecule has 0 spiro atoms. The Morgan fingerprint density at radius 1 is 1.33 bits per heavy atom. The highest BCUT2D eigenvalue weighted by Crippen LogP contribution is 2.17. The van der Waals surface area contributed by atoms with Gasteiger partial charge in [-0.15, -0.1) is 0 Å². The van der Waals surface area contributed by atoms with Gasteiger partial charge in [-0.25, -0.2) is 4.79 Å². The van der Waals surface area contributed by atoms with E-state index in [-0.39, 0.29) is 12.1 Å². The molecule has 1 heterocycles. The Hall–Kier alpha value is -1.95. The smallest absolute Gasteiger partial charge is 0.410 e. The highest BCUT2D eigenvalue weighted by molar-refractivity contribution is 5.68. The molecule has 2 N–H and O–H groups in total. The lowest BCUT2D eigenvalue weighted by Crippen LogP contribution is -2.55. The van der Waals surface area contributed by atoms with Gasteiger partial charge >= 0.3 is 6.09 Å². The fraction of sp³-hybridized carbons (Fsp3) is 0.611. The van der Waals surface area contributed by atoms with Gasteiger partial charge in [-0.3, -0.25) is 4.90 Å². The van der Waals surface area contributed by atoms with Crippen molar-refractivity contribution in [2.45, 2.75) is 39.3 Å². The van der Waals surface area contributed by atoms with Crippen molar-refractivity contribution >= 4 is 11.8 Å². The minimum absolute atomic E-state index is 0.126. The molecule has 6 heteroatoms. The Kier molecular flexibility index (Phi) is 5.94. The molecular formula is C18H29N3O3. The molecule has 24 heavy (non-hydrogen) atoms. The highest BCUT2D eigenvalue weighted by Gasteiger charge is 2.30. The summed E-state index contributed by atoms with van der Waals surface area (Å²) in [6.45, 7) is 11.5. The molecule has 1 fully saturated rings. The lowest BCUT2D eigenvalue weighted by atomic mass is 10.2. The van der Waals surface area contributed by atoms with E-state index < -0.39 is 5.60 Å². The number of nitrogen functional groups attached to an aromatic ring is 1. The van der Waals surface area contributed by atoms with Crippen LogP contribution >= 0.6 is 0 Å². The highest BCUT2D eigenvalue weighted by atomic mass is 16.6. The van der Waals surface area contributed by atoms with E-state index in [9.17, 15) is 4.79 Å². The number of piperazine rings is 1. The normalized spacial score (nSPS) is 19.2. The molecular weight excluding hydrogens is 306 g/mol. The monoisotopic (exact) mass is 335 g/mol. The van der Waals surface area contributed by atoms with E-state index in [2.05, 4.69) is 11.8 Å². The second-order valence-electron chi connectivity index (χ2n) is 7.24. The molecule has 1 aliphatic rings. The summed E-state index contributed by atoms with van der Waals surface area (Å²) in [5.41, 5.74) is 5.98. The first-order valence-electron chi connectivity index (χ1n) is 8.45. The van der Waals surface area contributed by atoms with Gasteiger partial charge in [-0.2, -0.15) is 0 Å². The number of nitrogens with zero attached hydrogens (tertiary/aromatic N) is 2. The van der Waals surface area contributed by atoms with Crippen LogP contribution in [0.2, 0.25) is 0 Å². The van der Waals surface area contributed by atoms with Crippen LogP contribution in [0.3, 0.4) is 0 Å². The van der Waals surface area contributed by atoms with Crippen LogP contribution in [0.4, 0.5) is 10.5 Å². The fourth-order valence-electron chi connectivity index (χ4n) is 2.72. The Labute approximate surface area is 144 Å². The van der Waals surface area contributed by atoms with Gasteiger partial charge in [0.2, 0.25) is 0 Å². The van der Waals surface area contributed by atoms with Crippen molar-refractivity contribution in [2.75, 3.05) is 38.5 Å². The minimum atomic E-state index is -0.459. The third kappa shape index (κ3) is 5.60. The van der Waals surface area contributed by atoms with E-state index >= 15 is 0 Å². The van der Waals surface area contributed by atoms with Crippen LogP contribution in [0.15, 0.2) is 24.3 Å². The second kappa shape index (κ2) is 7.75. The van der Waals surface area contributed by atoms with Crippen molar-refractivity contribution in [1.82, 2.24) is 9.80 Å². The average molecular weight is 335 g/mol. The summed E-state index contributed by atoms with van der Waals surface area (Å²) in [7, 11) is 0. The Balaban J connectivity index is 1.75. The van der Waals surface area contributed by atoms with Gasteiger partial charge in [0.15, 0.2) is 0 Å². The number of nitrogens with two attached hydrogens (primary N) is 1. The van der Waals surface area contributed by atoms with Gasteiger partial charge in [-0.1, -0.05) is 6.07 Å². The van der Waals surface area contributed by atoms with Crippen LogP contribution in [0.1, 0.15) is 27.7 Å². The number of anilines is 1. The molecule has 134 valence electrons. The third-order valence-corrected chi connectivity index (χ3v) is 3.87. The molecule has 0 radical (unpaired) electrons. The van der Waals surface area contributed by atoms with E-state index in [1.54, 1.807) is 4.90 Å². The van der Waals surface area contributed by atoms with Crippen molar-refractivity contribution in [1.29, 1.82) is 0 Å². The first-order chi connectivity index (χ1) is 11.2. The van der Waals surface area contributed by atoms with Crippen molar-refractivity contribution in [2.24, 2.45) is 0 Å². The molecule has 1 aromatic carbocycles. The summed E-state index contributed by atoms with van der Waals surface area (Å²) in [5, 5.41) is 0. The standard InChI is InChI=1S/C18H29N3O3/c1-14-13-20(8-9-21(14)17(22)24-18(2,3)4)10-11-23-16-7-5-6-15(19)12-16/h5-7,12,14H,8-11,13,19H2,1-4H3/t14-/m1/s1. The number of benzene rings is 1. The van der Waals surface area contributed by atoms with Crippen LogP contribution in [0.25, 0.3) is 0 Å². The summed E-state index contributed by atoms with van der Waals surface area (Å²) < 4.78 is 11.2. The van der Waals surface area contributed by atoms with Crippen LogP contribution in [0, 0.1) is 0 Å². The summed E-state index contributed by atoms with van der Waals surface area (Å²) in [5.74, 6) is 0.787. The molecule has 1 atom stereocenters. The van der Waals surface area contributed by atoms with Crippen molar-refractivity contribution in [3.63, 3.8) is 0 Å². The summed E-state index contributed by atoms with van der Waals surface area (Å²) in [6, 6.07) is 7.57. The number of amides is 1. The second-order valence-corrected chi connectivity index (χ2v) is 7.24. The quantitative estimate of drug-likeness (QED) is 0.857. The molecule has 0 unspecified atom stereocenters. The molecule has 6 nitrogen and oxygen atoms in total. The predicted molar refractivity (Wildman–Crippen MR) is 95.2 cm³/mol. The van der Waals surface area contributed by atoms with Crippen molar-refractivity contribution in [3.05, 3.63) is 24.3 Å². The topological polar surface area (TPSA) is 68.0 Å². The zero-order valence-electron chi connectivity index (χ0n) is 15.1. The fourth-order valence-corrected chi connectivity index (χ4v) is 2.72.